The highest BCUT2D eigenvalue weighted by atomic mass is 16.5. The molecule has 0 radical (unpaired) electrons. The van der Waals surface area contributed by atoms with Crippen LogP contribution in [-0.4, -0.2) is 11.7 Å². The Morgan fingerprint density at radius 2 is 2.22 bits per heavy atom. The highest BCUT2D eigenvalue weighted by Crippen LogP contribution is 2.23. The number of anilines is 1. The van der Waals surface area contributed by atoms with E-state index in [9.17, 15) is 5.11 Å². The summed E-state index contributed by atoms with van der Waals surface area (Å²) in [7, 11) is 0. The summed E-state index contributed by atoms with van der Waals surface area (Å²) in [5.74, 6) is 0.730. The summed E-state index contributed by atoms with van der Waals surface area (Å²) in [5.41, 5.74) is 2.81. The third-order valence-electron chi connectivity index (χ3n) is 2.61. The molecule has 96 valence electrons. The van der Waals surface area contributed by atoms with Gasteiger partial charge in [0, 0.05) is 23.4 Å². The van der Waals surface area contributed by atoms with Crippen molar-refractivity contribution in [1.29, 1.82) is 0 Å². The molecule has 0 spiro atoms. The van der Waals surface area contributed by atoms with Gasteiger partial charge in [0.15, 0.2) is 0 Å². The number of benzene rings is 1. The lowest BCUT2D eigenvalue weighted by molar-refractivity contribution is 0.267. The highest BCUT2D eigenvalue weighted by molar-refractivity contribution is 5.51. The number of rotatable bonds is 6. The van der Waals surface area contributed by atoms with Crippen molar-refractivity contribution >= 4 is 5.69 Å². The summed E-state index contributed by atoms with van der Waals surface area (Å²) in [5, 5.41) is 12.6. The molecule has 2 N–H and O–H groups in total. The Balaban J connectivity index is 2.05. The minimum Gasteiger partial charge on any atom is -0.494 e. The van der Waals surface area contributed by atoms with Crippen molar-refractivity contribution in [1.82, 2.24) is 0 Å². The van der Waals surface area contributed by atoms with Gasteiger partial charge in [-0.25, -0.2) is 0 Å². The molecule has 18 heavy (non-hydrogen) atoms. The number of nitrogens with one attached hydrogen (secondary N) is 1. The van der Waals surface area contributed by atoms with Crippen molar-refractivity contribution in [2.24, 2.45) is 0 Å². The summed E-state index contributed by atoms with van der Waals surface area (Å²) in [4.78, 5) is 0. The van der Waals surface area contributed by atoms with Crippen LogP contribution in [0.1, 0.15) is 18.1 Å². The van der Waals surface area contributed by atoms with Gasteiger partial charge in [0.05, 0.1) is 25.7 Å². The fraction of sp³-hybridized carbons (Fsp3) is 0.286. The maximum atomic E-state index is 9.30. The lowest BCUT2D eigenvalue weighted by Crippen LogP contribution is -2.01. The fourth-order valence-corrected chi connectivity index (χ4v) is 1.71. The van der Waals surface area contributed by atoms with Crippen molar-refractivity contribution in [2.75, 3.05) is 11.9 Å². The average Bonchev–Trinajstić information content (AvgIpc) is 2.91. The Kier molecular flexibility index (Phi) is 4.25. The standard InChI is InChI=1S/C14H17NO3/c1-2-18-14-4-3-13(7-12(14)9-16)15-8-11-5-6-17-10-11/h3-7,10,15-16H,2,8-9H2,1H3. The van der Waals surface area contributed by atoms with Gasteiger partial charge < -0.3 is 19.6 Å². The maximum Gasteiger partial charge on any atom is 0.124 e. The third kappa shape index (κ3) is 3.05. The molecule has 0 unspecified atom stereocenters. The summed E-state index contributed by atoms with van der Waals surface area (Å²) in [6.07, 6.45) is 3.35. The molecule has 0 atom stereocenters. The van der Waals surface area contributed by atoms with E-state index in [0.29, 0.717) is 13.2 Å². The molecular weight excluding hydrogens is 230 g/mol. The topological polar surface area (TPSA) is 54.6 Å². The monoisotopic (exact) mass is 247 g/mol. The van der Waals surface area contributed by atoms with Crippen molar-refractivity contribution in [3.8, 4) is 5.75 Å². The highest BCUT2D eigenvalue weighted by Gasteiger charge is 2.04. The summed E-state index contributed by atoms with van der Waals surface area (Å²) >= 11 is 0. The minimum absolute atomic E-state index is 0.0312. The number of aliphatic hydroxyl groups is 1. The smallest absolute Gasteiger partial charge is 0.124 e. The summed E-state index contributed by atoms with van der Waals surface area (Å²) < 4.78 is 10.4. The molecule has 1 heterocycles. The molecule has 2 aromatic rings. The zero-order valence-electron chi connectivity index (χ0n) is 10.3. The Bertz CT molecular complexity index is 480. The van der Waals surface area contributed by atoms with Crippen LogP contribution in [0.3, 0.4) is 0 Å². The zero-order chi connectivity index (χ0) is 12.8. The van der Waals surface area contributed by atoms with E-state index in [0.717, 1.165) is 22.6 Å². The SMILES string of the molecule is CCOc1ccc(NCc2ccoc2)cc1CO. The van der Waals surface area contributed by atoms with E-state index in [-0.39, 0.29) is 6.61 Å². The van der Waals surface area contributed by atoms with Gasteiger partial charge in [-0.15, -0.1) is 0 Å². The van der Waals surface area contributed by atoms with Gasteiger partial charge in [0.25, 0.3) is 0 Å². The molecule has 0 aliphatic heterocycles. The normalized spacial score (nSPS) is 10.3. The number of ether oxygens (including phenoxy) is 1. The first-order valence-corrected chi connectivity index (χ1v) is 5.95. The number of aliphatic hydroxyl groups excluding tert-OH is 1. The first kappa shape index (κ1) is 12.5. The minimum atomic E-state index is -0.0312. The van der Waals surface area contributed by atoms with Crippen LogP contribution in [0.15, 0.2) is 41.2 Å². The molecule has 4 nitrogen and oxygen atoms in total. The summed E-state index contributed by atoms with van der Waals surface area (Å²) in [6.45, 7) is 3.17. The van der Waals surface area contributed by atoms with Crippen LogP contribution < -0.4 is 10.1 Å². The molecule has 1 aromatic carbocycles. The quantitative estimate of drug-likeness (QED) is 0.824. The summed E-state index contributed by atoms with van der Waals surface area (Å²) in [6, 6.07) is 7.61. The van der Waals surface area contributed by atoms with Crippen LogP contribution in [0, 0.1) is 0 Å². The molecule has 0 amide bonds. The number of hydrogen-bond donors (Lipinski definition) is 2. The van der Waals surface area contributed by atoms with Gasteiger partial charge >= 0.3 is 0 Å². The van der Waals surface area contributed by atoms with Crippen LogP contribution >= 0.6 is 0 Å². The fourth-order valence-electron chi connectivity index (χ4n) is 1.71. The average molecular weight is 247 g/mol. The van der Waals surface area contributed by atoms with Crippen LogP contribution in [0.4, 0.5) is 5.69 Å². The van der Waals surface area contributed by atoms with Crippen molar-refractivity contribution in [3.05, 3.63) is 47.9 Å². The van der Waals surface area contributed by atoms with E-state index in [4.69, 9.17) is 9.15 Å². The van der Waals surface area contributed by atoms with Crippen LogP contribution in [-0.2, 0) is 13.2 Å². The van der Waals surface area contributed by atoms with Crippen LogP contribution in [0.2, 0.25) is 0 Å². The van der Waals surface area contributed by atoms with Gasteiger partial charge in [-0.05, 0) is 31.2 Å². The molecule has 0 fully saturated rings. The van der Waals surface area contributed by atoms with Crippen LogP contribution in [0.25, 0.3) is 0 Å². The third-order valence-corrected chi connectivity index (χ3v) is 2.61. The van der Waals surface area contributed by atoms with Gasteiger partial charge in [-0.2, -0.15) is 0 Å². The first-order valence-electron chi connectivity index (χ1n) is 5.95. The zero-order valence-corrected chi connectivity index (χ0v) is 10.3. The van der Waals surface area contributed by atoms with Crippen LogP contribution in [0.5, 0.6) is 5.75 Å². The van der Waals surface area contributed by atoms with Gasteiger partial charge in [-0.3, -0.25) is 0 Å². The Morgan fingerprint density at radius 3 is 2.89 bits per heavy atom. The second-order valence-electron chi connectivity index (χ2n) is 3.90. The number of furan rings is 1. The first-order chi connectivity index (χ1) is 8.83. The predicted octanol–water partition coefficient (Wildman–Crippen LogP) is 2.78. The van der Waals surface area contributed by atoms with Crippen molar-refractivity contribution in [3.63, 3.8) is 0 Å². The lowest BCUT2D eigenvalue weighted by Gasteiger charge is -2.11. The predicted molar refractivity (Wildman–Crippen MR) is 69.6 cm³/mol. The Hall–Kier alpha value is -1.94. The molecule has 1 aromatic heterocycles. The molecule has 4 heteroatoms. The van der Waals surface area contributed by atoms with E-state index in [1.165, 1.54) is 0 Å². The van der Waals surface area contributed by atoms with Crippen molar-refractivity contribution in [2.45, 2.75) is 20.1 Å². The Labute approximate surface area is 106 Å². The molecule has 0 saturated carbocycles. The van der Waals surface area contributed by atoms with Gasteiger partial charge in [0.2, 0.25) is 0 Å². The second kappa shape index (κ2) is 6.12. The molecule has 0 aliphatic rings. The molecule has 0 saturated heterocycles. The van der Waals surface area contributed by atoms with Gasteiger partial charge in [0.1, 0.15) is 5.75 Å². The van der Waals surface area contributed by atoms with Gasteiger partial charge in [-0.1, -0.05) is 0 Å². The largest absolute Gasteiger partial charge is 0.494 e. The number of hydrogen-bond acceptors (Lipinski definition) is 4. The maximum absolute atomic E-state index is 9.30. The van der Waals surface area contributed by atoms with E-state index >= 15 is 0 Å². The Morgan fingerprint density at radius 1 is 1.33 bits per heavy atom. The second-order valence-corrected chi connectivity index (χ2v) is 3.90. The molecule has 0 bridgehead atoms. The molecular formula is C14H17NO3. The van der Waals surface area contributed by atoms with E-state index in [2.05, 4.69) is 5.32 Å². The molecule has 2 rings (SSSR count). The van der Waals surface area contributed by atoms with E-state index in [1.807, 2.05) is 31.2 Å². The van der Waals surface area contributed by atoms with E-state index in [1.54, 1.807) is 12.5 Å². The van der Waals surface area contributed by atoms with Crippen molar-refractivity contribution < 1.29 is 14.3 Å². The van der Waals surface area contributed by atoms with E-state index < -0.39 is 0 Å². The lowest BCUT2D eigenvalue weighted by atomic mass is 10.2. The molecule has 0 aliphatic carbocycles.